The van der Waals surface area contributed by atoms with Crippen LogP contribution in [0.5, 0.6) is 5.75 Å². The zero-order valence-electron chi connectivity index (χ0n) is 6.30. The molecule has 0 radical (unpaired) electrons. The van der Waals surface area contributed by atoms with E-state index in [0.29, 0.717) is 5.92 Å². The number of hydrogen-bond acceptors (Lipinski definition) is 1. The first kappa shape index (κ1) is 6.99. The standard InChI is InChI=1S/C9H9ClO/c1-6-5-11-9-3-2-7(10)4-8(6)9/h2-4,6H,5H2,1H3. The normalized spacial score (nSPS) is 21.1. The largest absolute Gasteiger partial charge is 0.493 e. The van der Waals surface area contributed by atoms with Gasteiger partial charge >= 0.3 is 0 Å². The minimum atomic E-state index is 0.490. The zero-order chi connectivity index (χ0) is 7.84. The summed E-state index contributed by atoms with van der Waals surface area (Å²) >= 11 is 5.83. The number of fused-ring (bicyclic) bond motifs is 1. The molecule has 1 aromatic carbocycles. The van der Waals surface area contributed by atoms with Crippen LogP contribution in [-0.4, -0.2) is 6.61 Å². The average Bonchev–Trinajstić information content (AvgIpc) is 2.33. The van der Waals surface area contributed by atoms with Gasteiger partial charge in [-0.3, -0.25) is 0 Å². The predicted octanol–water partition coefficient (Wildman–Crippen LogP) is 2.84. The average molecular weight is 169 g/mol. The molecule has 1 aliphatic rings. The summed E-state index contributed by atoms with van der Waals surface area (Å²) in [6, 6.07) is 5.77. The first-order valence-corrected chi connectivity index (χ1v) is 4.07. The van der Waals surface area contributed by atoms with E-state index in [1.54, 1.807) is 0 Å². The quantitative estimate of drug-likeness (QED) is 0.579. The summed E-state index contributed by atoms with van der Waals surface area (Å²) in [6.45, 7) is 2.93. The lowest BCUT2D eigenvalue weighted by molar-refractivity contribution is 0.337. The van der Waals surface area contributed by atoms with E-state index in [1.165, 1.54) is 5.56 Å². The Hall–Kier alpha value is -0.690. The molecule has 11 heavy (non-hydrogen) atoms. The summed E-state index contributed by atoms with van der Waals surface area (Å²) < 4.78 is 5.41. The number of ether oxygens (including phenoxy) is 1. The van der Waals surface area contributed by atoms with E-state index < -0.39 is 0 Å². The zero-order valence-corrected chi connectivity index (χ0v) is 7.06. The van der Waals surface area contributed by atoms with Crippen LogP contribution in [0.15, 0.2) is 18.2 Å². The molecular formula is C9H9ClO. The van der Waals surface area contributed by atoms with Crippen molar-refractivity contribution in [2.24, 2.45) is 0 Å². The van der Waals surface area contributed by atoms with Crippen molar-refractivity contribution in [2.45, 2.75) is 12.8 Å². The van der Waals surface area contributed by atoms with Gasteiger partial charge in [-0.15, -0.1) is 0 Å². The monoisotopic (exact) mass is 168 g/mol. The van der Waals surface area contributed by atoms with Gasteiger partial charge in [0.2, 0.25) is 0 Å². The minimum absolute atomic E-state index is 0.490. The second kappa shape index (κ2) is 2.42. The van der Waals surface area contributed by atoms with Gasteiger partial charge in [0, 0.05) is 16.5 Å². The van der Waals surface area contributed by atoms with Crippen LogP contribution in [0.4, 0.5) is 0 Å². The van der Waals surface area contributed by atoms with Gasteiger partial charge in [0.1, 0.15) is 5.75 Å². The molecule has 1 aliphatic heterocycles. The highest BCUT2D eigenvalue weighted by Gasteiger charge is 2.19. The summed E-state index contributed by atoms with van der Waals surface area (Å²) in [6.07, 6.45) is 0. The van der Waals surface area contributed by atoms with Crippen LogP contribution in [0.1, 0.15) is 18.4 Å². The van der Waals surface area contributed by atoms with E-state index in [1.807, 2.05) is 18.2 Å². The van der Waals surface area contributed by atoms with Crippen molar-refractivity contribution in [3.8, 4) is 5.75 Å². The fourth-order valence-corrected chi connectivity index (χ4v) is 1.52. The highest BCUT2D eigenvalue weighted by molar-refractivity contribution is 6.30. The molecule has 0 aromatic heterocycles. The van der Waals surface area contributed by atoms with Crippen LogP contribution < -0.4 is 4.74 Å². The van der Waals surface area contributed by atoms with E-state index in [4.69, 9.17) is 16.3 Å². The highest BCUT2D eigenvalue weighted by atomic mass is 35.5. The Bertz CT molecular complexity index is 283. The Labute approximate surface area is 70.9 Å². The van der Waals surface area contributed by atoms with Gasteiger partial charge < -0.3 is 4.74 Å². The third kappa shape index (κ3) is 1.10. The fraction of sp³-hybridized carbons (Fsp3) is 0.333. The predicted molar refractivity (Wildman–Crippen MR) is 45.4 cm³/mol. The molecule has 2 rings (SSSR count). The number of hydrogen-bond donors (Lipinski definition) is 0. The second-order valence-electron chi connectivity index (χ2n) is 2.89. The third-order valence-corrected chi connectivity index (χ3v) is 2.23. The van der Waals surface area contributed by atoms with Crippen molar-refractivity contribution in [2.75, 3.05) is 6.61 Å². The van der Waals surface area contributed by atoms with E-state index >= 15 is 0 Å². The van der Waals surface area contributed by atoms with Crippen molar-refractivity contribution in [3.05, 3.63) is 28.8 Å². The molecule has 1 unspecified atom stereocenters. The van der Waals surface area contributed by atoms with Crippen molar-refractivity contribution < 1.29 is 4.74 Å². The Morgan fingerprint density at radius 2 is 2.36 bits per heavy atom. The van der Waals surface area contributed by atoms with Crippen LogP contribution >= 0.6 is 11.6 Å². The Morgan fingerprint density at radius 1 is 1.55 bits per heavy atom. The second-order valence-corrected chi connectivity index (χ2v) is 3.33. The molecule has 1 heterocycles. The van der Waals surface area contributed by atoms with Gasteiger partial charge in [-0.25, -0.2) is 0 Å². The van der Waals surface area contributed by atoms with Gasteiger partial charge in [-0.1, -0.05) is 18.5 Å². The van der Waals surface area contributed by atoms with Gasteiger partial charge in [0.25, 0.3) is 0 Å². The van der Waals surface area contributed by atoms with Gasteiger partial charge in [0.15, 0.2) is 0 Å². The summed E-state index contributed by atoms with van der Waals surface area (Å²) in [5, 5.41) is 0.793. The van der Waals surface area contributed by atoms with Crippen molar-refractivity contribution in [1.82, 2.24) is 0 Å². The van der Waals surface area contributed by atoms with Crippen molar-refractivity contribution in [3.63, 3.8) is 0 Å². The van der Waals surface area contributed by atoms with Crippen LogP contribution in [0.3, 0.4) is 0 Å². The fourth-order valence-electron chi connectivity index (χ4n) is 1.34. The molecule has 0 spiro atoms. The lowest BCUT2D eigenvalue weighted by atomic mass is 10.0. The summed E-state index contributed by atoms with van der Waals surface area (Å²) in [4.78, 5) is 0. The summed E-state index contributed by atoms with van der Waals surface area (Å²) in [7, 11) is 0. The van der Waals surface area contributed by atoms with Gasteiger partial charge in [-0.05, 0) is 18.2 Å². The summed E-state index contributed by atoms with van der Waals surface area (Å²) in [5.41, 5.74) is 1.23. The maximum Gasteiger partial charge on any atom is 0.123 e. The molecule has 0 saturated carbocycles. The Balaban J connectivity index is 2.52. The molecule has 0 saturated heterocycles. The first-order chi connectivity index (χ1) is 5.27. The molecule has 0 bridgehead atoms. The van der Waals surface area contributed by atoms with Crippen LogP contribution in [-0.2, 0) is 0 Å². The molecule has 1 atom stereocenters. The van der Waals surface area contributed by atoms with Crippen molar-refractivity contribution in [1.29, 1.82) is 0 Å². The Kier molecular flexibility index (Phi) is 1.53. The minimum Gasteiger partial charge on any atom is -0.493 e. The number of benzene rings is 1. The molecule has 0 fully saturated rings. The van der Waals surface area contributed by atoms with Gasteiger partial charge in [-0.2, -0.15) is 0 Å². The van der Waals surface area contributed by atoms with Gasteiger partial charge in [0.05, 0.1) is 6.61 Å². The molecule has 0 amide bonds. The summed E-state index contributed by atoms with van der Waals surface area (Å²) in [5.74, 6) is 1.48. The van der Waals surface area contributed by atoms with E-state index in [-0.39, 0.29) is 0 Å². The number of halogens is 1. The maximum atomic E-state index is 5.83. The van der Waals surface area contributed by atoms with E-state index in [0.717, 1.165) is 17.4 Å². The molecule has 1 nitrogen and oxygen atoms in total. The SMILES string of the molecule is CC1COc2ccc(Cl)cc21. The van der Waals surface area contributed by atoms with E-state index in [9.17, 15) is 0 Å². The highest BCUT2D eigenvalue weighted by Crippen LogP contribution is 2.34. The smallest absolute Gasteiger partial charge is 0.123 e. The van der Waals surface area contributed by atoms with Crippen LogP contribution in [0, 0.1) is 0 Å². The number of rotatable bonds is 0. The maximum absolute atomic E-state index is 5.83. The molecule has 0 aliphatic carbocycles. The lowest BCUT2D eigenvalue weighted by Gasteiger charge is -1.99. The molecule has 1 aromatic rings. The molecule has 58 valence electrons. The topological polar surface area (TPSA) is 9.23 Å². The third-order valence-electron chi connectivity index (χ3n) is 1.99. The lowest BCUT2D eigenvalue weighted by Crippen LogP contribution is -1.93. The van der Waals surface area contributed by atoms with Crippen molar-refractivity contribution >= 4 is 11.6 Å². The molecule has 0 N–H and O–H groups in total. The Morgan fingerprint density at radius 3 is 3.18 bits per heavy atom. The van der Waals surface area contributed by atoms with Crippen LogP contribution in [0.2, 0.25) is 5.02 Å². The molecular weight excluding hydrogens is 160 g/mol. The van der Waals surface area contributed by atoms with E-state index in [2.05, 4.69) is 6.92 Å². The molecule has 2 heteroatoms. The first-order valence-electron chi connectivity index (χ1n) is 3.69. The van der Waals surface area contributed by atoms with Crippen LogP contribution in [0.25, 0.3) is 0 Å².